The Kier molecular flexibility index (Phi) is 6.37. The molecule has 0 radical (unpaired) electrons. The van der Waals surface area contributed by atoms with E-state index >= 15 is 0 Å². The van der Waals surface area contributed by atoms with Crippen LogP contribution in [-0.2, 0) is 17.7 Å². The predicted molar refractivity (Wildman–Crippen MR) is 109 cm³/mol. The fraction of sp³-hybridized carbons (Fsp3) is 0.474. The highest BCUT2D eigenvalue weighted by Gasteiger charge is 2.19. The van der Waals surface area contributed by atoms with E-state index < -0.39 is 0 Å². The van der Waals surface area contributed by atoms with Crippen molar-refractivity contribution in [3.63, 3.8) is 0 Å². The highest BCUT2D eigenvalue weighted by Crippen LogP contribution is 2.28. The maximum atomic E-state index is 9.46. The molecule has 0 spiro atoms. The number of nitrogens with one attached hydrogen (secondary N) is 1. The second kappa shape index (κ2) is 8.94. The first-order chi connectivity index (χ1) is 13.5. The Hall–Kier alpha value is -2.78. The summed E-state index contributed by atoms with van der Waals surface area (Å²) < 4.78 is 7.34. The molecule has 2 N–H and O–H groups in total. The molecular weight excluding hydrogens is 358 g/mol. The summed E-state index contributed by atoms with van der Waals surface area (Å²) in [5, 5.41) is 17.4. The lowest BCUT2D eigenvalue weighted by molar-refractivity contribution is 0.137. The van der Waals surface area contributed by atoms with E-state index in [1.54, 1.807) is 6.20 Å². The number of rotatable bonds is 9. The van der Waals surface area contributed by atoms with Gasteiger partial charge in [0, 0.05) is 39.9 Å². The molecule has 0 aromatic carbocycles. The third-order valence-electron chi connectivity index (χ3n) is 4.21. The van der Waals surface area contributed by atoms with Gasteiger partial charge in [-0.1, -0.05) is 0 Å². The van der Waals surface area contributed by atoms with Crippen LogP contribution in [0.15, 0.2) is 18.3 Å². The lowest BCUT2D eigenvalue weighted by atomic mass is 10.2. The number of fused-ring (bicyclic) bond motifs is 1. The molecule has 0 atom stereocenters. The Labute approximate surface area is 164 Å². The summed E-state index contributed by atoms with van der Waals surface area (Å²) in [6, 6.07) is 3.90. The van der Waals surface area contributed by atoms with Crippen LogP contribution in [0.5, 0.6) is 0 Å². The van der Waals surface area contributed by atoms with Gasteiger partial charge in [-0.25, -0.2) is 9.97 Å². The summed E-state index contributed by atoms with van der Waals surface area (Å²) in [5.74, 6) is 1.89. The van der Waals surface area contributed by atoms with Crippen molar-refractivity contribution in [3.8, 4) is 0 Å². The van der Waals surface area contributed by atoms with Crippen molar-refractivity contribution in [3.05, 3.63) is 29.6 Å². The SMILES string of the molecule is CCOCCn1nc(CCO)c2nc(N(C)C)nc(Nc3cc(C)ccn3)c21. The van der Waals surface area contributed by atoms with Crippen molar-refractivity contribution >= 4 is 28.6 Å². The average molecular weight is 385 g/mol. The largest absolute Gasteiger partial charge is 0.396 e. The van der Waals surface area contributed by atoms with Crippen LogP contribution < -0.4 is 10.2 Å². The number of aromatic nitrogens is 5. The van der Waals surface area contributed by atoms with Gasteiger partial charge in [-0.05, 0) is 31.5 Å². The molecule has 0 fully saturated rings. The van der Waals surface area contributed by atoms with Crippen molar-refractivity contribution < 1.29 is 9.84 Å². The normalized spacial score (nSPS) is 11.2. The van der Waals surface area contributed by atoms with E-state index in [1.807, 2.05) is 49.7 Å². The van der Waals surface area contributed by atoms with Crippen LogP contribution in [0.4, 0.5) is 17.6 Å². The number of hydrogen-bond acceptors (Lipinski definition) is 8. The summed E-state index contributed by atoms with van der Waals surface area (Å²) >= 11 is 0. The molecule has 3 aromatic rings. The number of aliphatic hydroxyl groups is 1. The molecule has 3 aromatic heterocycles. The maximum absolute atomic E-state index is 9.46. The van der Waals surface area contributed by atoms with Crippen molar-refractivity contribution in [2.45, 2.75) is 26.8 Å². The van der Waals surface area contributed by atoms with Crippen LogP contribution in [0.25, 0.3) is 11.0 Å². The molecule has 0 aliphatic carbocycles. The van der Waals surface area contributed by atoms with Crippen molar-refractivity contribution in [2.75, 3.05) is 44.1 Å². The first-order valence-corrected chi connectivity index (χ1v) is 9.36. The number of hydrogen-bond donors (Lipinski definition) is 2. The van der Waals surface area contributed by atoms with Gasteiger partial charge in [-0.3, -0.25) is 4.68 Å². The van der Waals surface area contributed by atoms with E-state index in [4.69, 9.17) is 4.74 Å². The Balaban J connectivity index is 2.14. The Bertz CT molecular complexity index is 939. The third kappa shape index (κ3) is 4.37. The van der Waals surface area contributed by atoms with Crippen LogP contribution in [-0.4, -0.2) is 63.8 Å². The maximum Gasteiger partial charge on any atom is 0.227 e. The highest BCUT2D eigenvalue weighted by molar-refractivity contribution is 5.90. The second-order valence-electron chi connectivity index (χ2n) is 6.65. The predicted octanol–water partition coefficient (Wildman–Crippen LogP) is 1.91. The van der Waals surface area contributed by atoms with Crippen LogP contribution in [0, 0.1) is 6.92 Å². The van der Waals surface area contributed by atoms with Crippen LogP contribution in [0.1, 0.15) is 18.2 Å². The molecule has 0 saturated carbocycles. The van der Waals surface area contributed by atoms with E-state index in [1.165, 1.54) is 0 Å². The third-order valence-corrected chi connectivity index (χ3v) is 4.21. The lowest BCUT2D eigenvalue weighted by Gasteiger charge is -2.14. The van der Waals surface area contributed by atoms with Crippen molar-refractivity contribution in [1.82, 2.24) is 24.7 Å². The number of ether oxygens (including phenoxy) is 1. The highest BCUT2D eigenvalue weighted by atomic mass is 16.5. The molecule has 150 valence electrons. The molecule has 3 heterocycles. The zero-order valence-corrected chi connectivity index (χ0v) is 16.8. The number of pyridine rings is 1. The molecule has 0 aliphatic heterocycles. The van der Waals surface area contributed by atoms with Gasteiger partial charge in [0.25, 0.3) is 0 Å². The topological polar surface area (TPSA) is 101 Å². The van der Waals surface area contributed by atoms with Gasteiger partial charge in [-0.15, -0.1) is 0 Å². The first kappa shape index (κ1) is 20.0. The zero-order valence-electron chi connectivity index (χ0n) is 16.8. The summed E-state index contributed by atoms with van der Waals surface area (Å²) in [7, 11) is 3.78. The molecule has 9 heteroatoms. The minimum Gasteiger partial charge on any atom is -0.396 e. The Morgan fingerprint density at radius 1 is 1.29 bits per heavy atom. The lowest BCUT2D eigenvalue weighted by Crippen LogP contribution is -2.15. The molecule has 3 rings (SSSR count). The summed E-state index contributed by atoms with van der Waals surface area (Å²) in [6.07, 6.45) is 2.18. The molecular formula is C19H27N7O2. The fourth-order valence-corrected chi connectivity index (χ4v) is 2.88. The summed E-state index contributed by atoms with van der Waals surface area (Å²) in [4.78, 5) is 15.6. The van der Waals surface area contributed by atoms with E-state index in [9.17, 15) is 5.11 Å². The number of aryl methyl sites for hydroxylation is 1. The van der Waals surface area contributed by atoms with E-state index in [0.29, 0.717) is 43.8 Å². The van der Waals surface area contributed by atoms with Gasteiger partial charge in [0.15, 0.2) is 5.82 Å². The molecule has 0 unspecified atom stereocenters. The second-order valence-corrected chi connectivity index (χ2v) is 6.65. The molecule has 9 nitrogen and oxygen atoms in total. The molecule has 0 amide bonds. The molecule has 0 saturated heterocycles. The molecule has 28 heavy (non-hydrogen) atoms. The van der Waals surface area contributed by atoms with Crippen LogP contribution in [0.2, 0.25) is 0 Å². The summed E-state index contributed by atoms with van der Waals surface area (Å²) in [5.41, 5.74) is 3.33. The van der Waals surface area contributed by atoms with Gasteiger partial charge in [-0.2, -0.15) is 10.1 Å². The van der Waals surface area contributed by atoms with Gasteiger partial charge >= 0.3 is 0 Å². The molecule has 0 bridgehead atoms. The van der Waals surface area contributed by atoms with E-state index in [2.05, 4.69) is 25.4 Å². The molecule has 0 aliphatic rings. The first-order valence-electron chi connectivity index (χ1n) is 9.36. The van der Waals surface area contributed by atoms with E-state index in [0.717, 1.165) is 22.3 Å². The minimum atomic E-state index is 0.00106. The number of nitrogens with zero attached hydrogens (tertiary/aromatic N) is 6. The van der Waals surface area contributed by atoms with Gasteiger partial charge in [0.05, 0.1) is 18.8 Å². The monoisotopic (exact) mass is 385 g/mol. The minimum absolute atomic E-state index is 0.00106. The van der Waals surface area contributed by atoms with Crippen LogP contribution >= 0.6 is 0 Å². The summed E-state index contributed by atoms with van der Waals surface area (Å²) in [6.45, 7) is 5.71. The smallest absolute Gasteiger partial charge is 0.227 e. The van der Waals surface area contributed by atoms with E-state index in [-0.39, 0.29) is 6.61 Å². The van der Waals surface area contributed by atoms with Crippen molar-refractivity contribution in [2.24, 2.45) is 0 Å². The Morgan fingerprint density at radius 3 is 2.79 bits per heavy atom. The van der Waals surface area contributed by atoms with Crippen LogP contribution in [0.3, 0.4) is 0 Å². The quantitative estimate of drug-likeness (QED) is 0.539. The van der Waals surface area contributed by atoms with Gasteiger partial charge < -0.3 is 20.1 Å². The zero-order chi connectivity index (χ0) is 20.1. The van der Waals surface area contributed by atoms with Crippen molar-refractivity contribution in [1.29, 1.82) is 0 Å². The Morgan fingerprint density at radius 2 is 2.11 bits per heavy atom. The number of anilines is 3. The standard InChI is InChI=1S/C19H27N7O2/c1-5-28-11-9-26-17-16(14(24-26)7-10-27)22-19(25(3)4)23-18(17)21-15-12-13(2)6-8-20-15/h6,8,12,27H,5,7,9-11H2,1-4H3,(H,20,21,22,23). The number of aliphatic hydroxyl groups excluding tert-OH is 1. The average Bonchev–Trinajstić information content (AvgIpc) is 3.00. The van der Waals surface area contributed by atoms with Gasteiger partial charge in [0.2, 0.25) is 5.95 Å². The fourth-order valence-electron chi connectivity index (χ4n) is 2.88. The van der Waals surface area contributed by atoms with Gasteiger partial charge in [0.1, 0.15) is 16.9 Å².